The zero-order valence-corrected chi connectivity index (χ0v) is 16.5. The summed E-state index contributed by atoms with van der Waals surface area (Å²) >= 11 is 7.38. The number of fused-ring (bicyclic) bond motifs is 1. The molecule has 0 amide bonds. The number of ketones is 1. The summed E-state index contributed by atoms with van der Waals surface area (Å²) in [6.07, 6.45) is 1.84. The van der Waals surface area contributed by atoms with Crippen molar-refractivity contribution in [1.82, 2.24) is 0 Å². The molecule has 0 atom stereocenters. The molecule has 0 saturated heterocycles. The van der Waals surface area contributed by atoms with E-state index in [-0.39, 0.29) is 18.0 Å². The molecule has 6 heteroatoms. The summed E-state index contributed by atoms with van der Waals surface area (Å²) in [5.74, 6) is 0.452. The van der Waals surface area contributed by atoms with Crippen molar-refractivity contribution in [2.45, 2.75) is 13.3 Å². The van der Waals surface area contributed by atoms with E-state index in [0.29, 0.717) is 27.6 Å². The summed E-state index contributed by atoms with van der Waals surface area (Å²) in [4.78, 5) is 25.8. The number of ether oxygens (including phenoxy) is 2. The van der Waals surface area contributed by atoms with E-state index in [2.05, 4.69) is 0 Å². The van der Waals surface area contributed by atoms with E-state index in [4.69, 9.17) is 21.1 Å². The molecule has 2 aromatic carbocycles. The van der Waals surface area contributed by atoms with Gasteiger partial charge in [-0.2, -0.15) is 0 Å². The zero-order chi connectivity index (χ0) is 19.7. The maximum absolute atomic E-state index is 12.6. The van der Waals surface area contributed by atoms with Gasteiger partial charge < -0.3 is 9.47 Å². The SMILES string of the molecule is Cc1cc(OC(=O)Cc2ccc(Cl)cc2)cc2c1C(=O)/C(=C/c1cccs1)O2. The van der Waals surface area contributed by atoms with Crippen LogP contribution >= 0.6 is 22.9 Å². The Morgan fingerprint density at radius 3 is 2.71 bits per heavy atom. The van der Waals surface area contributed by atoms with E-state index in [1.807, 2.05) is 17.5 Å². The lowest BCUT2D eigenvalue weighted by molar-refractivity contribution is -0.133. The zero-order valence-electron chi connectivity index (χ0n) is 14.9. The van der Waals surface area contributed by atoms with Crippen LogP contribution in [0.5, 0.6) is 11.5 Å². The van der Waals surface area contributed by atoms with E-state index >= 15 is 0 Å². The van der Waals surface area contributed by atoms with Gasteiger partial charge in [0.25, 0.3) is 0 Å². The molecule has 4 rings (SSSR count). The molecule has 4 nitrogen and oxygen atoms in total. The largest absolute Gasteiger partial charge is 0.452 e. The molecule has 0 spiro atoms. The van der Waals surface area contributed by atoms with E-state index in [0.717, 1.165) is 10.4 Å². The Labute approximate surface area is 171 Å². The molecule has 140 valence electrons. The molecule has 0 radical (unpaired) electrons. The average molecular weight is 411 g/mol. The van der Waals surface area contributed by atoms with Crippen molar-refractivity contribution in [2.75, 3.05) is 0 Å². The van der Waals surface area contributed by atoms with Crippen molar-refractivity contribution in [3.8, 4) is 11.5 Å². The first kappa shape index (κ1) is 18.5. The van der Waals surface area contributed by atoms with Gasteiger partial charge in [0.2, 0.25) is 5.78 Å². The number of thiophene rings is 1. The highest BCUT2D eigenvalue weighted by atomic mass is 35.5. The minimum absolute atomic E-state index is 0.122. The summed E-state index contributed by atoms with van der Waals surface area (Å²) in [7, 11) is 0. The number of allylic oxidation sites excluding steroid dienone is 1. The van der Waals surface area contributed by atoms with Gasteiger partial charge in [0.15, 0.2) is 5.76 Å². The molecule has 0 saturated carbocycles. The lowest BCUT2D eigenvalue weighted by Gasteiger charge is -2.08. The third kappa shape index (κ3) is 3.86. The number of halogens is 1. The van der Waals surface area contributed by atoms with Crippen molar-refractivity contribution < 1.29 is 19.1 Å². The van der Waals surface area contributed by atoms with Gasteiger partial charge in [0.1, 0.15) is 11.5 Å². The Morgan fingerprint density at radius 1 is 1.21 bits per heavy atom. The summed E-state index contributed by atoms with van der Waals surface area (Å²) in [6, 6.07) is 14.1. The van der Waals surface area contributed by atoms with E-state index in [1.54, 1.807) is 49.4 Å². The van der Waals surface area contributed by atoms with Crippen LogP contribution in [0.4, 0.5) is 0 Å². The van der Waals surface area contributed by atoms with Gasteiger partial charge in [-0.3, -0.25) is 9.59 Å². The van der Waals surface area contributed by atoms with Crippen LogP contribution in [-0.4, -0.2) is 11.8 Å². The second kappa shape index (κ2) is 7.62. The van der Waals surface area contributed by atoms with Gasteiger partial charge in [-0.1, -0.05) is 29.8 Å². The molecule has 2 heterocycles. The standard InChI is InChI=1S/C22H15ClO4S/c1-13-9-16(26-20(24)10-14-4-6-15(23)7-5-14)11-18-21(13)22(25)19(27-18)12-17-3-2-8-28-17/h2-9,11-12H,10H2,1H3/b19-12-. The smallest absolute Gasteiger partial charge is 0.315 e. The van der Waals surface area contributed by atoms with E-state index in [1.165, 1.54) is 11.3 Å². The summed E-state index contributed by atoms with van der Waals surface area (Å²) < 4.78 is 11.2. The quantitative estimate of drug-likeness (QED) is 0.325. The fraction of sp³-hybridized carbons (Fsp3) is 0.0909. The summed E-state index contributed by atoms with van der Waals surface area (Å²) in [5, 5.41) is 2.54. The third-order valence-corrected chi connectivity index (χ3v) is 5.32. The first-order valence-corrected chi connectivity index (χ1v) is 9.83. The molecule has 1 aliphatic rings. The normalized spacial score (nSPS) is 14.1. The Bertz CT molecular complexity index is 1080. The highest BCUT2D eigenvalue weighted by molar-refractivity contribution is 7.10. The van der Waals surface area contributed by atoms with Crippen LogP contribution in [0.1, 0.15) is 26.4 Å². The number of hydrogen-bond acceptors (Lipinski definition) is 5. The predicted octanol–water partition coefficient (Wildman–Crippen LogP) is 5.47. The van der Waals surface area contributed by atoms with Crippen molar-refractivity contribution in [2.24, 2.45) is 0 Å². The molecule has 1 aromatic heterocycles. The van der Waals surface area contributed by atoms with Crippen molar-refractivity contribution >= 4 is 40.8 Å². The van der Waals surface area contributed by atoms with Gasteiger partial charge in [0, 0.05) is 22.0 Å². The van der Waals surface area contributed by atoms with Crippen LogP contribution in [-0.2, 0) is 11.2 Å². The monoisotopic (exact) mass is 410 g/mol. The number of carbonyl (C=O) groups excluding carboxylic acids is 2. The first-order valence-electron chi connectivity index (χ1n) is 8.57. The van der Waals surface area contributed by atoms with Crippen LogP contribution in [0.25, 0.3) is 6.08 Å². The molecule has 0 N–H and O–H groups in total. The number of benzene rings is 2. The molecule has 0 fully saturated rings. The van der Waals surface area contributed by atoms with Crippen LogP contribution in [0.15, 0.2) is 59.7 Å². The Morgan fingerprint density at radius 2 is 2.00 bits per heavy atom. The molecule has 0 aliphatic carbocycles. The fourth-order valence-electron chi connectivity index (χ4n) is 2.98. The molecular weight excluding hydrogens is 396 g/mol. The van der Waals surface area contributed by atoms with Crippen LogP contribution in [0.2, 0.25) is 5.02 Å². The molecule has 0 unspecified atom stereocenters. The summed E-state index contributed by atoms with van der Waals surface area (Å²) in [5.41, 5.74) is 2.01. The molecule has 28 heavy (non-hydrogen) atoms. The molecule has 3 aromatic rings. The minimum atomic E-state index is -0.402. The highest BCUT2D eigenvalue weighted by Crippen LogP contribution is 2.37. The van der Waals surface area contributed by atoms with Gasteiger partial charge in [-0.05, 0) is 47.7 Å². The lowest BCUT2D eigenvalue weighted by Crippen LogP contribution is -2.11. The topological polar surface area (TPSA) is 52.6 Å². The second-order valence-electron chi connectivity index (χ2n) is 6.35. The van der Waals surface area contributed by atoms with Crippen LogP contribution in [0, 0.1) is 6.92 Å². The molecule has 1 aliphatic heterocycles. The number of carbonyl (C=O) groups is 2. The number of aryl methyl sites for hydroxylation is 1. The maximum Gasteiger partial charge on any atom is 0.315 e. The molecular formula is C22H15ClO4S. The number of rotatable bonds is 4. The number of Topliss-reactive ketones (excluding diaryl/α,β-unsaturated/α-hetero) is 1. The average Bonchev–Trinajstić information content (AvgIpc) is 3.26. The van der Waals surface area contributed by atoms with Crippen molar-refractivity contribution in [3.63, 3.8) is 0 Å². The number of esters is 1. The van der Waals surface area contributed by atoms with Crippen LogP contribution in [0.3, 0.4) is 0 Å². The predicted molar refractivity (Wildman–Crippen MR) is 109 cm³/mol. The van der Waals surface area contributed by atoms with Gasteiger partial charge in [-0.25, -0.2) is 0 Å². The maximum atomic E-state index is 12.6. The fourth-order valence-corrected chi connectivity index (χ4v) is 3.75. The second-order valence-corrected chi connectivity index (χ2v) is 7.76. The van der Waals surface area contributed by atoms with Gasteiger partial charge in [-0.15, -0.1) is 11.3 Å². The minimum Gasteiger partial charge on any atom is -0.452 e. The number of hydrogen-bond donors (Lipinski definition) is 0. The molecule has 0 bridgehead atoms. The van der Waals surface area contributed by atoms with Crippen molar-refractivity contribution in [1.29, 1.82) is 0 Å². The highest BCUT2D eigenvalue weighted by Gasteiger charge is 2.30. The lowest BCUT2D eigenvalue weighted by atomic mass is 10.0. The Hall–Kier alpha value is -2.89. The van der Waals surface area contributed by atoms with Crippen LogP contribution < -0.4 is 9.47 Å². The van der Waals surface area contributed by atoms with E-state index < -0.39 is 5.97 Å². The first-order chi connectivity index (χ1) is 13.5. The van der Waals surface area contributed by atoms with Gasteiger partial charge >= 0.3 is 5.97 Å². The van der Waals surface area contributed by atoms with Gasteiger partial charge in [0.05, 0.1) is 12.0 Å². The Balaban J connectivity index is 1.52. The van der Waals surface area contributed by atoms with Crippen molar-refractivity contribution in [3.05, 3.63) is 86.3 Å². The summed E-state index contributed by atoms with van der Waals surface area (Å²) in [6.45, 7) is 1.80. The Kier molecular flexibility index (Phi) is 5.03. The van der Waals surface area contributed by atoms with E-state index in [9.17, 15) is 9.59 Å². The third-order valence-electron chi connectivity index (χ3n) is 4.25.